The van der Waals surface area contributed by atoms with E-state index in [2.05, 4.69) is 15.5 Å². The van der Waals surface area contributed by atoms with E-state index in [-0.39, 0.29) is 35.4 Å². The van der Waals surface area contributed by atoms with Gasteiger partial charge in [-0.05, 0) is 48.9 Å². The lowest BCUT2D eigenvalue weighted by Gasteiger charge is -2.05. The molecule has 1 amide bonds. The van der Waals surface area contributed by atoms with Gasteiger partial charge in [-0.3, -0.25) is 4.79 Å². The summed E-state index contributed by atoms with van der Waals surface area (Å²) in [6.07, 6.45) is 0.0750. The third-order valence-corrected chi connectivity index (χ3v) is 5.65. The molecular formula is C19H17F2N3O4S. The highest BCUT2D eigenvalue weighted by atomic mass is 32.2. The number of carbonyl (C=O) groups excluding carboxylic acids is 1. The molecule has 0 radical (unpaired) electrons. The molecule has 0 saturated carbocycles. The largest absolute Gasteiger partial charge is 0.339 e. The van der Waals surface area contributed by atoms with E-state index in [1.807, 2.05) is 0 Å². The van der Waals surface area contributed by atoms with Crippen LogP contribution >= 0.6 is 0 Å². The maximum atomic E-state index is 13.5. The van der Waals surface area contributed by atoms with Crippen molar-refractivity contribution >= 4 is 21.4 Å². The number of nitrogens with one attached hydrogen (secondary N) is 1. The van der Waals surface area contributed by atoms with Crippen LogP contribution in [-0.2, 0) is 26.8 Å². The van der Waals surface area contributed by atoms with Gasteiger partial charge in [0.1, 0.15) is 17.4 Å². The van der Waals surface area contributed by atoms with Crippen LogP contribution < -0.4 is 5.32 Å². The summed E-state index contributed by atoms with van der Waals surface area (Å²) in [5.74, 6) is -1.84. The Kier molecular flexibility index (Phi) is 6.02. The number of benzene rings is 2. The minimum atomic E-state index is -3.76. The SMILES string of the molecule is Cc1ccc(NC(=O)CCc2nc(CS(=O)(=O)c3ccc(F)cc3)no2)cc1F. The third kappa shape index (κ3) is 5.44. The highest BCUT2D eigenvalue weighted by Gasteiger charge is 2.20. The Hall–Kier alpha value is -3.14. The van der Waals surface area contributed by atoms with Gasteiger partial charge in [0.15, 0.2) is 15.7 Å². The molecule has 1 N–H and O–H groups in total. The van der Waals surface area contributed by atoms with Gasteiger partial charge in [0.05, 0.1) is 4.90 Å². The maximum absolute atomic E-state index is 13.5. The van der Waals surface area contributed by atoms with Crippen molar-refractivity contribution in [2.24, 2.45) is 0 Å². The second-order valence-electron chi connectivity index (χ2n) is 6.33. The molecule has 0 bridgehead atoms. The van der Waals surface area contributed by atoms with Crippen LogP contribution in [0.5, 0.6) is 0 Å². The topological polar surface area (TPSA) is 102 Å². The molecule has 7 nitrogen and oxygen atoms in total. The molecule has 152 valence electrons. The lowest BCUT2D eigenvalue weighted by atomic mass is 10.2. The summed E-state index contributed by atoms with van der Waals surface area (Å²) in [7, 11) is -3.76. The minimum absolute atomic E-state index is 0.0121. The van der Waals surface area contributed by atoms with Gasteiger partial charge in [-0.2, -0.15) is 4.98 Å². The quantitative estimate of drug-likeness (QED) is 0.588. The molecule has 10 heteroatoms. The van der Waals surface area contributed by atoms with Crippen molar-refractivity contribution < 1.29 is 26.5 Å². The highest BCUT2D eigenvalue weighted by Crippen LogP contribution is 2.17. The number of sulfone groups is 1. The fourth-order valence-corrected chi connectivity index (χ4v) is 3.63. The smallest absolute Gasteiger partial charge is 0.227 e. The van der Waals surface area contributed by atoms with Gasteiger partial charge >= 0.3 is 0 Å². The molecule has 3 rings (SSSR count). The van der Waals surface area contributed by atoms with Crippen molar-refractivity contribution in [2.75, 3.05) is 5.32 Å². The molecule has 0 spiro atoms. The Morgan fingerprint density at radius 3 is 2.55 bits per heavy atom. The fourth-order valence-electron chi connectivity index (χ4n) is 2.46. The van der Waals surface area contributed by atoms with Crippen LogP contribution in [0.15, 0.2) is 51.9 Å². The Morgan fingerprint density at radius 1 is 1.14 bits per heavy atom. The summed E-state index contributed by atoms with van der Waals surface area (Å²) in [5.41, 5.74) is 0.798. The second-order valence-corrected chi connectivity index (χ2v) is 8.32. The number of aryl methyl sites for hydroxylation is 2. The zero-order valence-electron chi connectivity index (χ0n) is 15.4. The average Bonchev–Trinajstić information content (AvgIpc) is 3.10. The van der Waals surface area contributed by atoms with E-state index in [1.54, 1.807) is 19.1 Å². The Morgan fingerprint density at radius 2 is 1.86 bits per heavy atom. The standard InChI is InChI=1S/C19H17F2N3O4S/c1-12-2-5-14(10-16(12)21)22-18(25)8-9-19-23-17(24-28-19)11-29(26,27)15-6-3-13(20)4-7-15/h2-7,10H,8-9,11H2,1H3,(H,22,25). The van der Waals surface area contributed by atoms with Crippen molar-refractivity contribution in [2.45, 2.75) is 30.4 Å². The lowest BCUT2D eigenvalue weighted by molar-refractivity contribution is -0.116. The molecule has 0 saturated heterocycles. The molecule has 0 unspecified atom stereocenters. The first-order chi connectivity index (χ1) is 13.7. The molecule has 0 aliphatic carbocycles. The summed E-state index contributed by atoms with van der Waals surface area (Å²) >= 11 is 0. The first-order valence-corrected chi connectivity index (χ1v) is 10.2. The number of aromatic nitrogens is 2. The number of anilines is 1. The monoisotopic (exact) mass is 421 g/mol. The predicted octanol–water partition coefficient (Wildman–Crippen LogP) is 3.20. The van der Waals surface area contributed by atoms with E-state index in [0.29, 0.717) is 11.3 Å². The van der Waals surface area contributed by atoms with Crippen LogP contribution in [0.25, 0.3) is 0 Å². The van der Waals surface area contributed by atoms with Gasteiger partial charge in [0.25, 0.3) is 0 Å². The predicted molar refractivity (Wildman–Crippen MR) is 99.7 cm³/mol. The van der Waals surface area contributed by atoms with E-state index in [4.69, 9.17) is 4.52 Å². The van der Waals surface area contributed by atoms with E-state index < -0.39 is 27.2 Å². The van der Waals surface area contributed by atoms with E-state index in [1.165, 1.54) is 6.07 Å². The van der Waals surface area contributed by atoms with Gasteiger partial charge in [-0.1, -0.05) is 11.2 Å². The highest BCUT2D eigenvalue weighted by molar-refractivity contribution is 7.90. The van der Waals surface area contributed by atoms with Crippen molar-refractivity contribution in [1.82, 2.24) is 10.1 Å². The van der Waals surface area contributed by atoms with E-state index in [0.717, 1.165) is 24.3 Å². The molecule has 2 aromatic carbocycles. The number of amides is 1. The molecule has 0 fully saturated rings. The number of hydrogen-bond acceptors (Lipinski definition) is 6. The van der Waals surface area contributed by atoms with Gasteiger partial charge in [0, 0.05) is 18.5 Å². The zero-order valence-corrected chi connectivity index (χ0v) is 16.2. The molecule has 0 aliphatic rings. The number of halogens is 2. The number of hydrogen-bond donors (Lipinski definition) is 1. The van der Waals surface area contributed by atoms with E-state index in [9.17, 15) is 22.0 Å². The number of rotatable bonds is 7. The first-order valence-electron chi connectivity index (χ1n) is 8.59. The van der Waals surface area contributed by atoms with Crippen LogP contribution in [0.2, 0.25) is 0 Å². The van der Waals surface area contributed by atoms with Crippen molar-refractivity contribution in [3.05, 3.63) is 71.4 Å². The van der Waals surface area contributed by atoms with Gasteiger partial charge < -0.3 is 9.84 Å². The summed E-state index contributed by atoms with van der Waals surface area (Å²) in [6.45, 7) is 1.62. The van der Waals surface area contributed by atoms with Crippen molar-refractivity contribution in [1.29, 1.82) is 0 Å². The van der Waals surface area contributed by atoms with Gasteiger partial charge in [0.2, 0.25) is 11.8 Å². The first kappa shape index (κ1) is 20.6. The third-order valence-electron chi connectivity index (χ3n) is 4.02. The number of nitrogens with zero attached hydrogens (tertiary/aromatic N) is 2. The minimum Gasteiger partial charge on any atom is -0.339 e. The molecule has 0 aliphatic heterocycles. The summed E-state index contributed by atoms with van der Waals surface area (Å²) in [5, 5.41) is 6.16. The molecular weight excluding hydrogens is 404 g/mol. The Labute approximate surface area is 165 Å². The lowest BCUT2D eigenvalue weighted by Crippen LogP contribution is -2.12. The van der Waals surface area contributed by atoms with Crippen LogP contribution in [0.1, 0.15) is 23.7 Å². The fraction of sp³-hybridized carbons (Fsp3) is 0.211. The van der Waals surface area contributed by atoms with E-state index >= 15 is 0 Å². The normalized spacial score (nSPS) is 11.4. The van der Waals surface area contributed by atoms with Crippen LogP contribution in [0.4, 0.5) is 14.5 Å². The number of carbonyl (C=O) groups is 1. The van der Waals surface area contributed by atoms with Crippen LogP contribution in [0, 0.1) is 18.6 Å². The molecule has 3 aromatic rings. The average molecular weight is 421 g/mol. The van der Waals surface area contributed by atoms with Crippen molar-refractivity contribution in [3.63, 3.8) is 0 Å². The zero-order chi connectivity index (χ0) is 21.0. The summed E-state index contributed by atoms with van der Waals surface area (Å²) < 4.78 is 56.0. The van der Waals surface area contributed by atoms with Gasteiger partial charge in [-0.15, -0.1) is 0 Å². The molecule has 29 heavy (non-hydrogen) atoms. The Balaban J connectivity index is 1.56. The molecule has 1 heterocycles. The molecule has 0 atom stereocenters. The summed E-state index contributed by atoms with van der Waals surface area (Å²) in [4.78, 5) is 15.9. The molecule has 1 aromatic heterocycles. The van der Waals surface area contributed by atoms with Crippen LogP contribution in [-0.4, -0.2) is 24.5 Å². The second kappa shape index (κ2) is 8.48. The maximum Gasteiger partial charge on any atom is 0.227 e. The van der Waals surface area contributed by atoms with Gasteiger partial charge in [-0.25, -0.2) is 17.2 Å². The Bertz CT molecular complexity index is 1130. The van der Waals surface area contributed by atoms with Crippen LogP contribution in [0.3, 0.4) is 0 Å². The summed E-state index contributed by atoms with van der Waals surface area (Å²) in [6, 6.07) is 8.77. The van der Waals surface area contributed by atoms with Crippen molar-refractivity contribution in [3.8, 4) is 0 Å².